The van der Waals surface area contributed by atoms with Gasteiger partial charge in [0.1, 0.15) is 29.5 Å². The molecule has 276 valence electrons. The number of rotatable bonds is 7. The van der Waals surface area contributed by atoms with Crippen LogP contribution in [-0.4, -0.2) is 91.4 Å². The smallest absolute Gasteiger partial charge is 0.407 e. The molecule has 2 aliphatic carbocycles. The van der Waals surface area contributed by atoms with Crippen molar-refractivity contribution >= 4 is 44.6 Å². The van der Waals surface area contributed by atoms with E-state index in [1.54, 1.807) is 34.1 Å². The van der Waals surface area contributed by atoms with E-state index in [1.165, 1.54) is 11.0 Å². The summed E-state index contributed by atoms with van der Waals surface area (Å²) in [4.78, 5) is 61.0. The van der Waals surface area contributed by atoms with Gasteiger partial charge in [-0.05, 0) is 74.1 Å². The van der Waals surface area contributed by atoms with Crippen molar-refractivity contribution in [2.75, 3.05) is 20.3 Å². The Morgan fingerprint density at radius 3 is 2.59 bits per heavy atom. The number of aryl methyl sites for hydroxylation is 1. The number of pyridine rings is 1. The lowest BCUT2D eigenvalue weighted by atomic mass is 9.85. The number of amides is 4. The number of hydrogen-bond acceptors (Lipinski definition) is 10. The zero-order valence-corrected chi connectivity index (χ0v) is 30.3. The normalized spacial score (nSPS) is 27.3. The van der Waals surface area contributed by atoms with Gasteiger partial charge in [-0.25, -0.2) is 18.2 Å². The van der Waals surface area contributed by atoms with Gasteiger partial charge in [-0.15, -0.1) is 6.58 Å². The first-order chi connectivity index (χ1) is 24.2. The van der Waals surface area contributed by atoms with E-state index < -0.39 is 74.1 Å². The monoisotopic (exact) mass is 725 g/mol. The van der Waals surface area contributed by atoms with Crippen molar-refractivity contribution < 1.29 is 41.8 Å². The van der Waals surface area contributed by atoms with Crippen LogP contribution in [0.1, 0.15) is 71.3 Å². The minimum Gasteiger partial charge on any atom is -0.496 e. The number of ether oxygens (including phenoxy) is 3. The molecule has 51 heavy (non-hydrogen) atoms. The van der Waals surface area contributed by atoms with Crippen molar-refractivity contribution in [2.45, 2.75) is 101 Å². The maximum Gasteiger partial charge on any atom is 0.407 e. The molecule has 0 spiro atoms. The number of nitrogens with one attached hydrogen (secondary N) is 3. The molecule has 4 amide bonds. The van der Waals surface area contributed by atoms with Crippen LogP contribution in [0.25, 0.3) is 10.8 Å². The second-order valence-electron chi connectivity index (χ2n) is 15.1. The number of carbonyl (C=O) groups excluding carboxylic acids is 4. The predicted octanol–water partition coefficient (Wildman–Crippen LogP) is 3.13. The fourth-order valence-electron chi connectivity index (χ4n) is 6.99. The molecule has 1 saturated heterocycles. The highest BCUT2D eigenvalue weighted by Crippen LogP contribution is 2.45. The molecule has 3 fully saturated rings. The fourth-order valence-corrected chi connectivity index (χ4v) is 8.35. The minimum atomic E-state index is -3.89. The lowest BCUT2D eigenvalue weighted by molar-refractivity contribution is -0.142. The largest absolute Gasteiger partial charge is 0.496 e. The van der Waals surface area contributed by atoms with Crippen LogP contribution in [0, 0.1) is 11.3 Å². The molecule has 4 bridgehead atoms. The van der Waals surface area contributed by atoms with Crippen molar-refractivity contribution in [1.82, 2.24) is 25.2 Å². The third-order valence-corrected chi connectivity index (χ3v) is 12.0. The molecule has 0 unspecified atom stereocenters. The molecule has 0 radical (unpaired) electrons. The van der Waals surface area contributed by atoms with Gasteiger partial charge in [0, 0.05) is 29.3 Å². The zero-order valence-electron chi connectivity index (χ0n) is 29.5. The highest BCUT2D eigenvalue weighted by atomic mass is 32.2. The summed E-state index contributed by atoms with van der Waals surface area (Å²) in [5, 5.41) is 6.40. The van der Waals surface area contributed by atoms with Gasteiger partial charge in [-0.2, -0.15) is 0 Å². The third kappa shape index (κ3) is 7.63. The average Bonchev–Trinajstić information content (AvgIpc) is 4.00. The summed E-state index contributed by atoms with van der Waals surface area (Å²) in [6.45, 7) is 9.29. The Balaban J connectivity index is 1.35. The van der Waals surface area contributed by atoms with Gasteiger partial charge in [-0.3, -0.25) is 19.1 Å². The maximum absolute atomic E-state index is 14.4. The van der Waals surface area contributed by atoms with E-state index in [-0.39, 0.29) is 26.0 Å². The van der Waals surface area contributed by atoms with Crippen molar-refractivity contribution in [3.63, 3.8) is 0 Å². The Kier molecular flexibility index (Phi) is 9.96. The number of alkyl carbamates (subject to hydrolysis) is 1. The zero-order chi connectivity index (χ0) is 36.7. The molecular weight excluding hydrogens is 678 g/mol. The van der Waals surface area contributed by atoms with Gasteiger partial charge < -0.3 is 29.7 Å². The first-order valence-electron chi connectivity index (χ1n) is 17.5. The molecule has 5 atom stereocenters. The standard InChI is InChI=1S/C36H47N5O9S/c1-6-22-19-36(22,33(44)40-51(46,47)24-11-12-24)39-30(42)27-18-23-20-41(27)32(43)29(35(2,3)4)38-34(45)49-15-9-7-8-10-21-16-26-25(28(17-21)48-5)13-14-37-31(26)50-23/h6,13-14,16-17,22-24,27,29H,1,7-12,15,18-20H2,2-5H3,(H,38,45)(H,39,42)(H,40,44)/t22-,23+,27-,29+,36+/m0/s1. The fraction of sp³-hybridized carbons (Fsp3) is 0.583. The summed E-state index contributed by atoms with van der Waals surface area (Å²) >= 11 is 0. The second-order valence-corrected chi connectivity index (χ2v) is 17.0. The number of methoxy groups -OCH3 is 1. The Labute approximate surface area is 298 Å². The summed E-state index contributed by atoms with van der Waals surface area (Å²) in [5.41, 5.74) is -1.32. The highest BCUT2D eigenvalue weighted by Gasteiger charge is 2.62. The Bertz CT molecular complexity index is 1840. The quantitative estimate of drug-likeness (QED) is 0.359. The molecule has 1 aromatic carbocycles. The number of fused-ring (bicyclic) bond motifs is 3. The van der Waals surface area contributed by atoms with E-state index in [4.69, 9.17) is 14.2 Å². The molecule has 2 aromatic rings. The van der Waals surface area contributed by atoms with Crippen LogP contribution >= 0.6 is 0 Å². The first kappa shape index (κ1) is 36.4. The second kappa shape index (κ2) is 14.0. The molecule has 15 heteroatoms. The van der Waals surface area contributed by atoms with E-state index >= 15 is 0 Å². The molecule has 4 aliphatic rings. The molecule has 6 rings (SSSR count). The lowest BCUT2D eigenvalue weighted by Gasteiger charge is -2.35. The topological polar surface area (TPSA) is 182 Å². The number of benzene rings is 1. The highest BCUT2D eigenvalue weighted by molar-refractivity contribution is 7.91. The van der Waals surface area contributed by atoms with E-state index in [0.29, 0.717) is 30.9 Å². The number of carbonyl (C=O) groups is 4. The van der Waals surface area contributed by atoms with Crippen molar-refractivity contribution in [3.8, 4) is 11.6 Å². The van der Waals surface area contributed by atoms with E-state index in [9.17, 15) is 27.6 Å². The summed E-state index contributed by atoms with van der Waals surface area (Å²) in [7, 11) is -2.29. The van der Waals surface area contributed by atoms with Gasteiger partial charge in [-0.1, -0.05) is 26.8 Å². The summed E-state index contributed by atoms with van der Waals surface area (Å²) < 4.78 is 45.2. The van der Waals surface area contributed by atoms with Crippen LogP contribution in [0.3, 0.4) is 0 Å². The average molecular weight is 726 g/mol. The van der Waals surface area contributed by atoms with E-state index in [2.05, 4.69) is 26.9 Å². The summed E-state index contributed by atoms with van der Waals surface area (Å²) in [6.07, 6.45) is 5.78. The molecule has 3 heterocycles. The van der Waals surface area contributed by atoms with Crippen LogP contribution in [0.4, 0.5) is 4.79 Å². The van der Waals surface area contributed by atoms with Gasteiger partial charge in [0.05, 0.1) is 25.5 Å². The van der Waals surface area contributed by atoms with Crippen LogP contribution in [0.2, 0.25) is 0 Å². The van der Waals surface area contributed by atoms with E-state index in [1.807, 2.05) is 18.2 Å². The minimum absolute atomic E-state index is 0.0323. The van der Waals surface area contributed by atoms with Crippen molar-refractivity contribution in [2.24, 2.45) is 11.3 Å². The third-order valence-electron chi connectivity index (χ3n) is 10.2. The van der Waals surface area contributed by atoms with Crippen molar-refractivity contribution in [1.29, 1.82) is 0 Å². The molecular formula is C36H47N5O9S. The van der Waals surface area contributed by atoms with Gasteiger partial charge in [0.15, 0.2) is 0 Å². The summed E-state index contributed by atoms with van der Waals surface area (Å²) in [5.74, 6) is -1.57. The Morgan fingerprint density at radius 2 is 1.92 bits per heavy atom. The lowest BCUT2D eigenvalue weighted by Crippen LogP contribution is -2.60. The molecule has 1 aromatic heterocycles. The van der Waals surface area contributed by atoms with Crippen molar-refractivity contribution in [3.05, 3.63) is 42.6 Å². The van der Waals surface area contributed by atoms with E-state index in [0.717, 1.165) is 35.6 Å². The Morgan fingerprint density at radius 1 is 1.16 bits per heavy atom. The number of nitrogens with zero attached hydrogens (tertiary/aromatic N) is 2. The number of aromatic nitrogens is 1. The van der Waals surface area contributed by atoms with Crippen LogP contribution in [-0.2, 0) is 35.6 Å². The predicted molar refractivity (Wildman–Crippen MR) is 187 cm³/mol. The SMILES string of the molecule is C=C[C@H]1C[C@]1(NC(=O)[C@@H]1C[C@@H]2CN1C(=O)[C@H](C(C)(C)C)NC(=O)OCCCCCc1cc(OC)c3ccnc(c3c1)O2)C(=O)NS(=O)(=O)C1CC1. The van der Waals surface area contributed by atoms with Gasteiger partial charge in [0.25, 0.3) is 5.91 Å². The summed E-state index contributed by atoms with van der Waals surface area (Å²) in [6, 6.07) is 3.61. The van der Waals surface area contributed by atoms with Crippen LogP contribution < -0.4 is 24.8 Å². The number of sulfonamides is 1. The first-order valence-corrected chi connectivity index (χ1v) is 19.1. The maximum atomic E-state index is 14.4. The molecule has 3 N–H and O–H groups in total. The number of cyclic esters (lactones) is 1. The van der Waals surface area contributed by atoms with Crippen LogP contribution in [0.15, 0.2) is 37.1 Å². The molecule has 2 saturated carbocycles. The van der Waals surface area contributed by atoms with Gasteiger partial charge in [0.2, 0.25) is 27.7 Å². The Hall–Kier alpha value is -4.40. The van der Waals surface area contributed by atoms with Crippen LogP contribution in [0.5, 0.6) is 11.6 Å². The number of hydrogen-bond donors (Lipinski definition) is 3. The van der Waals surface area contributed by atoms with Gasteiger partial charge >= 0.3 is 6.09 Å². The molecule has 14 nitrogen and oxygen atoms in total. The molecule has 2 aliphatic heterocycles.